The number of methoxy groups -OCH3 is 1. The summed E-state index contributed by atoms with van der Waals surface area (Å²) in [7, 11) is -2.05. The number of thiazole rings is 1. The number of nitrogens with zero attached hydrogens (tertiary/aromatic N) is 1. The Balaban J connectivity index is 1.67. The van der Waals surface area contributed by atoms with Crippen molar-refractivity contribution in [2.45, 2.75) is 24.8 Å². The molecule has 0 saturated carbocycles. The van der Waals surface area contributed by atoms with E-state index < -0.39 is 10.0 Å². The van der Waals surface area contributed by atoms with Crippen LogP contribution in [0, 0.1) is 6.92 Å². The SMILES string of the molecule is COc1ccc(S(=O)(=O)NCc2ncc(Cc3ccccc3)s2)c(C)c1. The molecule has 2 aromatic carbocycles. The number of sulfonamides is 1. The fraction of sp³-hybridized carbons (Fsp3) is 0.211. The van der Waals surface area contributed by atoms with Gasteiger partial charge in [-0.15, -0.1) is 11.3 Å². The van der Waals surface area contributed by atoms with Crippen LogP contribution in [-0.4, -0.2) is 20.5 Å². The van der Waals surface area contributed by atoms with E-state index in [-0.39, 0.29) is 11.4 Å². The number of rotatable bonds is 7. The average Bonchev–Trinajstić information content (AvgIpc) is 3.08. The van der Waals surface area contributed by atoms with E-state index in [0.717, 1.165) is 16.3 Å². The van der Waals surface area contributed by atoms with Crippen molar-refractivity contribution in [3.05, 3.63) is 75.7 Å². The number of hydrogen-bond donors (Lipinski definition) is 1. The van der Waals surface area contributed by atoms with Crippen LogP contribution >= 0.6 is 11.3 Å². The van der Waals surface area contributed by atoms with Crippen molar-refractivity contribution >= 4 is 21.4 Å². The van der Waals surface area contributed by atoms with Crippen LogP contribution in [0.1, 0.15) is 21.0 Å². The van der Waals surface area contributed by atoms with Crippen LogP contribution in [0.15, 0.2) is 59.6 Å². The molecule has 1 N–H and O–H groups in total. The highest BCUT2D eigenvalue weighted by Crippen LogP contribution is 2.22. The molecule has 3 aromatic rings. The quantitative estimate of drug-likeness (QED) is 0.672. The highest BCUT2D eigenvalue weighted by atomic mass is 32.2. The van der Waals surface area contributed by atoms with Crippen LogP contribution in [0.3, 0.4) is 0 Å². The van der Waals surface area contributed by atoms with Gasteiger partial charge in [0, 0.05) is 17.5 Å². The third-order valence-corrected chi connectivity index (χ3v) is 6.47. The molecule has 3 rings (SSSR count). The Morgan fingerprint density at radius 3 is 2.62 bits per heavy atom. The van der Waals surface area contributed by atoms with Crippen molar-refractivity contribution in [1.82, 2.24) is 9.71 Å². The van der Waals surface area contributed by atoms with Crippen LogP contribution in [0.4, 0.5) is 0 Å². The number of aryl methyl sites for hydroxylation is 1. The lowest BCUT2D eigenvalue weighted by molar-refractivity contribution is 0.414. The second-order valence-electron chi connectivity index (χ2n) is 5.84. The minimum Gasteiger partial charge on any atom is -0.497 e. The molecule has 0 bridgehead atoms. The molecule has 7 heteroatoms. The largest absolute Gasteiger partial charge is 0.497 e. The molecular formula is C19H20N2O3S2. The van der Waals surface area contributed by atoms with Crippen LogP contribution in [0.2, 0.25) is 0 Å². The first-order chi connectivity index (χ1) is 12.5. The second kappa shape index (κ2) is 7.99. The van der Waals surface area contributed by atoms with Crippen molar-refractivity contribution in [3.63, 3.8) is 0 Å². The third kappa shape index (κ3) is 4.49. The molecule has 0 fully saturated rings. The lowest BCUT2D eigenvalue weighted by Crippen LogP contribution is -2.23. The summed E-state index contributed by atoms with van der Waals surface area (Å²) < 4.78 is 32.8. The molecule has 0 aliphatic heterocycles. The fourth-order valence-corrected chi connectivity index (χ4v) is 4.79. The van der Waals surface area contributed by atoms with Gasteiger partial charge in [0.15, 0.2) is 0 Å². The van der Waals surface area contributed by atoms with Gasteiger partial charge in [0.25, 0.3) is 0 Å². The summed E-state index contributed by atoms with van der Waals surface area (Å²) in [6.45, 7) is 1.92. The van der Waals surface area contributed by atoms with Crippen molar-refractivity contribution in [2.75, 3.05) is 7.11 Å². The van der Waals surface area contributed by atoms with E-state index in [9.17, 15) is 8.42 Å². The van der Waals surface area contributed by atoms with E-state index in [1.165, 1.54) is 16.9 Å². The van der Waals surface area contributed by atoms with Gasteiger partial charge in [0.2, 0.25) is 10.0 Å². The average molecular weight is 389 g/mol. The standard InChI is InChI=1S/C19H20N2O3S2/c1-14-10-16(24-2)8-9-18(14)26(22,23)21-13-19-20-12-17(25-19)11-15-6-4-3-5-7-15/h3-10,12,21H,11,13H2,1-2H3. The zero-order valence-electron chi connectivity index (χ0n) is 14.6. The number of nitrogens with one attached hydrogen (secondary N) is 1. The molecule has 26 heavy (non-hydrogen) atoms. The van der Waals surface area contributed by atoms with E-state index >= 15 is 0 Å². The van der Waals surface area contributed by atoms with E-state index in [1.807, 2.05) is 18.2 Å². The first kappa shape index (κ1) is 18.6. The van der Waals surface area contributed by atoms with Gasteiger partial charge in [-0.1, -0.05) is 30.3 Å². The number of aromatic nitrogens is 1. The van der Waals surface area contributed by atoms with Gasteiger partial charge in [-0.2, -0.15) is 0 Å². The molecule has 1 aromatic heterocycles. The zero-order chi connectivity index (χ0) is 18.6. The lowest BCUT2D eigenvalue weighted by atomic mass is 10.1. The Labute approximate surface area is 157 Å². The van der Waals surface area contributed by atoms with Crippen LogP contribution in [-0.2, 0) is 23.0 Å². The number of ether oxygens (including phenoxy) is 1. The van der Waals surface area contributed by atoms with E-state index in [1.54, 1.807) is 38.4 Å². The molecule has 5 nitrogen and oxygen atoms in total. The van der Waals surface area contributed by atoms with Gasteiger partial charge in [-0.05, 0) is 36.2 Å². The minimum absolute atomic E-state index is 0.174. The summed E-state index contributed by atoms with van der Waals surface area (Å²) in [6, 6.07) is 15.0. The Bertz CT molecular complexity index is 983. The van der Waals surface area contributed by atoms with Gasteiger partial charge in [-0.3, -0.25) is 0 Å². The molecule has 0 saturated heterocycles. The first-order valence-corrected chi connectivity index (χ1v) is 10.4. The van der Waals surface area contributed by atoms with Crippen molar-refractivity contribution in [2.24, 2.45) is 0 Å². The molecule has 0 unspecified atom stereocenters. The highest BCUT2D eigenvalue weighted by Gasteiger charge is 2.17. The van der Waals surface area contributed by atoms with Crippen LogP contribution < -0.4 is 9.46 Å². The molecule has 0 spiro atoms. The van der Waals surface area contributed by atoms with Crippen LogP contribution in [0.25, 0.3) is 0 Å². The summed E-state index contributed by atoms with van der Waals surface area (Å²) >= 11 is 1.52. The summed E-state index contributed by atoms with van der Waals surface area (Å²) in [5.74, 6) is 0.631. The summed E-state index contributed by atoms with van der Waals surface area (Å²) in [4.78, 5) is 5.68. The topological polar surface area (TPSA) is 68.3 Å². The zero-order valence-corrected chi connectivity index (χ0v) is 16.2. The Morgan fingerprint density at radius 2 is 1.92 bits per heavy atom. The summed E-state index contributed by atoms with van der Waals surface area (Å²) in [5, 5.41) is 0.741. The molecule has 0 radical (unpaired) electrons. The number of benzene rings is 2. The lowest BCUT2D eigenvalue weighted by Gasteiger charge is -2.09. The molecule has 0 aliphatic carbocycles. The van der Waals surface area contributed by atoms with Gasteiger partial charge in [0.1, 0.15) is 10.8 Å². The molecule has 136 valence electrons. The Kier molecular flexibility index (Phi) is 5.70. The van der Waals surface area contributed by atoms with Gasteiger partial charge >= 0.3 is 0 Å². The van der Waals surface area contributed by atoms with Crippen molar-refractivity contribution in [3.8, 4) is 5.75 Å². The van der Waals surface area contributed by atoms with E-state index in [4.69, 9.17) is 4.74 Å². The van der Waals surface area contributed by atoms with Crippen molar-refractivity contribution < 1.29 is 13.2 Å². The number of hydrogen-bond acceptors (Lipinski definition) is 5. The first-order valence-electron chi connectivity index (χ1n) is 8.10. The van der Waals surface area contributed by atoms with E-state index in [0.29, 0.717) is 11.3 Å². The monoisotopic (exact) mass is 388 g/mol. The summed E-state index contributed by atoms with van der Waals surface area (Å²) in [6.07, 6.45) is 2.60. The molecule has 1 heterocycles. The predicted molar refractivity (Wildman–Crippen MR) is 103 cm³/mol. The molecular weight excluding hydrogens is 368 g/mol. The molecule has 0 aliphatic rings. The smallest absolute Gasteiger partial charge is 0.241 e. The Morgan fingerprint density at radius 1 is 1.15 bits per heavy atom. The molecule has 0 atom stereocenters. The second-order valence-corrected chi connectivity index (χ2v) is 8.77. The highest BCUT2D eigenvalue weighted by molar-refractivity contribution is 7.89. The minimum atomic E-state index is -3.60. The Hall–Kier alpha value is -2.22. The van der Waals surface area contributed by atoms with E-state index in [2.05, 4.69) is 21.8 Å². The predicted octanol–water partition coefficient (Wildman–Crippen LogP) is 3.53. The fourth-order valence-electron chi connectivity index (χ4n) is 2.59. The maximum atomic E-state index is 12.5. The maximum absolute atomic E-state index is 12.5. The summed E-state index contributed by atoms with van der Waals surface area (Å²) in [5.41, 5.74) is 1.85. The van der Waals surface area contributed by atoms with Gasteiger partial charge in [0.05, 0.1) is 18.6 Å². The maximum Gasteiger partial charge on any atom is 0.241 e. The third-order valence-electron chi connectivity index (χ3n) is 3.91. The van der Waals surface area contributed by atoms with Gasteiger partial charge < -0.3 is 4.74 Å². The van der Waals surface area contributed by atoms with Crippen LogP contribution in [0.5, 0.6) is 5.75 Å². The van der Waals surface area contributed by atoms with Gasteiger partial charge in [-0.25, -0.2) is 18.1 Å². The van der Waals surface area contributed by atoms with Crippen molar-refractivity contribution in [1.29, 1.82) is 0 Å². The molecule has 0 amide bonds. The normalized spacial score (nSPS) is 11.5.